The highest BCUT2D eigenvalue weighted by Crippen LogP contribution is 2.12. The van der Waals surface area contributed by atoms with Crippen molar-refractivity contribution in [3.8, 4) is 0 Å². The summed E-state index contributed by atoms with van der Waals surface area (Å²) in [6, 6.07) is 6.95. The molecular formula is C13H20N2O3. The maximum absolute atomic E-state index is 10.5. The summed E-state index contributed by atoms with van der Waals surface area (Å²) < 4.78 is 5.22. The summed E-state index contributed by atoms with van der Waals surface area (Å²) in [6.45, 7) is 4.92. The molecule has 0 heterocycles. The second-order valence-electron chi connectivity index (χ2n) is 4.36. The summed E-state index contributed by atoms with van der Waals surface area (Å²) in [5, 5.41) is 13.9. The van der Waals surface area contributed by atoms with Crippen LogP contribution in [-0.2, 0) is 11.2 Å². The van der Waals surface area contributed by atoms with Crippen LogP contribution in [0.4, 0.5) is 5.69 Å². The molecule has 0 saturated heterocycles. The van der Waals surface area contributed by atoms with Gasteiger partial charge in [-0.3, -0.25) is 10.1 Å². The Balaban J connectivity index is 2.38. The topological polar surface area (TPSA) is 64.4 Å². The minimum atomic E-state index is -0.385. The predicted molar refractivity (Wildman–Crippen MR) is 70.7 cm³/mol. The first-order valence-electron chi connectivity index (χ1n) is 6.04. The summed E-state index contributed by atoms with van der Waals surface area (Å²) >= 11 is 0. The van der Waals surface area contributed by atoms with Crippen LogP contribution in [0, 0.1) is 10.1 Å². The molecule has 1 N–H and O–H groups in total. The molecule has 0 aliphatic rings. The first-order valence-corrected chi connectivity index (χ1v) is 6.04. The quantitative estimate of drug-likeness (QED) is 0.596. The van der Waals surface area contributed by atoms with Gasteiger partial charge in [-0.05, 0) is 32.4 Å². The molecule has 0 spiro atoms. The van der Waals surface area contributed by atoms with E-state index in [0.717, 1.165) is 18.5 Å². The van der Waals surface area contributed by atoms with E-state index in [1.807, 2.05) is 6.92 Å². The first-order chi connectivity index (χ1) is 8.54. The van der Waals surface area contributed by atoms with Gasteiger partial charge in [0.05, 0.1) is 11.0 Å². The van der Waals surface area contributed by atoms with Crippen LogP contribution >= 0.6 is 0 Å². The van der Waals surface area contributed by atoms with E-state index in [9.17, 15) is 10.1 Å². The van der Waals surface area contributed by atoms with Gasteiger partial charge in [-0.2, -0.15) is 0 Å². The van der Waals surface area contributed by atoms with Crippen molar-refractivity contribution in [1.82, 2.24) is 5.32 Å². The molecular weight excluding hydrogens is 232 g/mol. The van der Waals surface area contributed by atoms with Crippen LogP contribution in [0.25, 0.3) is 0 Å². The van der Waals surface area contributed by atoms with E-state index in [1.54, 1.807) is 19.2 Å². The molecule has 2 unspecified atom stereocenters. The van der Waals surface area contributed by atoms with Crippen molar-refractivity contribution in [2.45, 2.75) is 32.4 Å². The molecule has 0 radical (unpaired) electrons. The lowest BCUT2D eigenvalue weighted by atomic mass is 10.1. The van der Waals surface area contributed by atoms with Gasteiger partial charge in [0.2, 0.25) is 0 Å². The van der Waals surface area contributed by atoms with Crippen LogP contribution in [0.2, 0.25) is 0 Å². The van der Waals surface area contributed by atoms with Crippen LogP contribution in [0.15, 0.2) is 24.3 Å². The third-order valence-electron chi connectivity index (χ3n) is 3.10. The maximum atomic E-state index is 10.5. The molecule has 18 heavy (non-hydrogen) atoms. The molecule has 0 aliphatic carbocycles. The fourth-order valence-corrected chi connectivity index (χ4v) is 1.60. The number of benzene rings is 1. The largest absolute Gasteiger partial charge is 0.380 e. The van der Waals surface area contributed by atoms with Crippen molar-refractivity contribution in [1.29, 1.82) is 0 Å². The molecule has 1 aromatic carbocycles. The van der Waals surface area contributed by atoms with Crippen LogP contribution in [0.1, 0.15) is 19.4 Å². The average Bonchev–Trinajstić information content (AvgIpc) is 2.38. The molecule has 5 heteroatoms. The zero-order valence-electron chi connectivity index (χ0n) is 11.1. The van der Waals surface area contributed by atoms with E-state index in [2.05, 4.69) is 12.2 Å². The normalized spacial score (nSPS) is 14.2. The average molecular weight is 252 g/mol. The van der Waals surface area contributed by atoms with Crippen LogP contribution in [0.3, 0.4) is 0 Å². The van der Waals surface area contributed by atoms with Gasteiger partial charge in [-0.1, -0.05) is 12.1 Å². The molecule has 0 aromatic heterocycles. The highest BCUT2D eigenvalue weighted by atomic mass is 16.6. The molecule has 0 aliphatic heterocycles. The number of nitrogens with zero attached hydrogens (tertiary/aromatic N) is 1. The van der Waals surface area contributed by atoms with Crippen molar-refractivity contribution in [3.63, 3.8) is 0 Å². The highest BCUT2D eigenvalue weighted by molar-refractivity contribution is 5.32. The Labute approximate surface area is 107 Å². The Hall–Kier alpha value is -1.46. The number of rotatable bonds is 7. The van der Waals surface area contributed by atoms with E-state index in [1.165, 1.54) is 12.1 Å². The summed E-state index contributed by atoms with van der Waals surface area (Å²) in [7, 11) is 1.69. The highest BCUT2D eigenvalue weighted by Gasteiger charge is 2.09. The van der Waals surface area contributed by atoms with Gasteiger partial charge >= 0.3 is 0 Å². The van der Waals surface area contributed by atoms with E-state index >= 15 is 0 Å². The zero-order chi connectivity index (χ0) is 13.5. The minimum absolute atomic E-state index is 0.132. The summed E-state index contributed by atoms with van der Waals surface area (Å²) in [4.78, 5) is 10.1. The van der Waals surface area contributed by atoms with E-state index in [4.69, 9.17) is 4.74 Å². The number of nitro groups is 1. The Kier molecular flexibility index (Phi) is 5.74. The van der Waals surface area contributed by atoms with Crippen molar-refractivity contribution in [2.75, 3.05) is 13.7 Å². The van der Waals surface area contributed by atoms with Gasteiger partial charge < -0.3 is 10.1 Å². The van der Waals surface area contributed by atoms with Gasteiger partial charge in [0.1, 0.15) is 0 Å². The lowest BCUT2D eigenvalue weighted by Gasteiger charge is -2.19. The molecule has 100 valence electrons. The van der Waals surface area contributed by atoms with E-state index in [0.29, 0.717) is 0 Å². The minimum Gasteiger partial charge on any atom is -0.380 e. The third kappa shape index (κ3) is 4.43. The second-order valence-corrected chi connectivity index (χ2v) is 4.36. The van der Waals surface area contributed by atoms with Crippen molar-refractivity contribution < 1.29 is 9.66 Å². The molecule has 1 aromatic rings. The van der Waals surface area contributed by atoms with E-state index < -0.39 is 0 Å². The number of hydrogen-bond donors (Lipinski definition) is 1. The molecule has 2 atom stereocenters. The molecule has 1 rings (SSSR count). The smallest absolute Gasteiger partial charge is 0.269 e. The number of non-ortho nitro benzene ring substituents is 1. The molecule has 0 bridgehead atoms. The van der Waals surface area contributed by atoms with Gasteiger partial charge in [0.15, 0.2) is 0 Å². The summed E-state index contributed by atoms with van der Waals surface area (Å²) in [5.74, 6) is 0. The molecule has 5 nitrogen and oxygen atoms in total. The maximum Gasteiger partial charge on any atom is 0.269 e. The Morgan fingerprint density at radius 1 is 1.33 bits per heavy atom. The number of ether oxygens (including phenoxy) is 1. The monoisotopic (exact) mass is 252 g/mol. The predicted octanol–water partition coefficient (Wildman–Crippen LogP) is 2.15. The summed E-state index contributed by atoms with van der Waals surface area (Å²) in [6.07, 6.45) is 1.01. The summed E-state index contributed by atoms with van der Waals surface area (Å²) in [5.41, 5.74) is 1.22. The number of nitro benzene ring substituents is 1. The van der Waals surface area contributed by atoms with Crippen molar-refractivity contribution in [3.05, 3.63) is 39.9 Å². The number of nitrogens with one attached hydrogen (secondary N) is 1. The molecule has 0 amide bonds. The van der Waals surface area contributed by atoms with Crippen molar-refractivity contribution in [2.24, 2.45) is 0 Å². The molecule has 0 saturated carbocycles. The fourth-order valence-electron chi connectivity index (χ4n) is 1.60. The van der Waals surface area contributed by atoms with E-state index in [-0.39, 0.29) is 22.8 Å². The van der Waals surface area contributed by atoms with Gasteiger partial charge in [0, 0.05) is 25.3 Å². The van der Waals surface area contributed by atoms with Crippen LogP contribution in [-0.4, -0.2) is 30.7 Å². The number of methoxy groups -OCH3 is 1. The van der Waals surface area contributed by atoms with Crippen molar-refractivity contribution >= 4 is 5.69 Å². The third-order valence-corrected chi connectivity index (χ3v) is 3.10. The van der Waals surface area contributed by atoms with Gasteiger partial charge in [-0.15, -0.1) is 0 Å². The Morgan fingerprint density at radius 2 is 1.94 bits per heavy atom. The Bertz CT molecular complexity index is 378. The Morgan fingerprint density at radius 3 is 2.44 bits per heavy atom. The molecule has 0 fully saturated rings. The zero-order valence-corrected chi connectivity index (χ0v) is 11.1. The lowest BCUT2D eigenvalue weighted by Crippen LogP contribution is -2.37. The van der Waals surface area contributed by atoms with Crippen LogP contribution < -0.4 is 5.32 Å². The standard InChI is InChI=1S/C13H20N2O3/c1-10(11(2)18-3)14-9-8-12-4-6-13(7-5-12)15(16)17/h4-7,10-11,14H,8-9H2,1-3H3. The van der Waals surface area contributed by atoms with Gasteiger partial charge in [-0.25, -0.2) is 0 Å². The second kappa shape index (κ2) is 7.08. The number of hydrogen-bond acceptors (Lipinski definition) is 4. The fraction of sp³-hybridized carbons (Fsp3) is 0.538. The van der Waals surface area contributed by atoms with Gasteiger partial charge in [0.25, 0.3) is 5.69 Å². The first kappa shape index (κ1) is 14.6. The SMILES string of the molecule is COC(C)C(C)NCCc1ccc([N+](=O)[O-])cc1. The van der Waals surface area contributed by atoms with Crippen LogP contribution in [0.5, 0.6) is 0 Å². The lowest BCUT2D eigenvalue weighted by molar-refractivity contribution is -0.384.